The number of alkyl halides is 3. The molecule has 0 amide bonds. The lowest BCUT2D eigenvalue weighted by molar-refractivity contribution is -0.138. The monoisotopic (exact) mass is 283 g/mol. The molecule has 1 aliphatic rings. The number of aromatic nitrogens is 2. The normalized spacial score (nSPS) is 25.2. The first kappa shape index (κ1) is 12.9. The van der Waals surface area contributed by atoms with Crippen molar-refractivity contribution in [3.05, 3.63) is 5.01 Å². The van der Waals surface area contributed by atoms with E-state index < -0.39 is 11.2 Å². The molecule has 17 heavy (non-hydrogen) atoms. The van der Waals surface area contributed by atoms with Gasteiger partial charge in [-0.2, -0.15) is 24.9 Å². The van der Waals surface area contributed by atoms with Gasteiger partial charge < -0.3 is 5.32 Å². The second kappa shape index (κ2) is 5.01. The fourth-order valence-electron chi connectivity index (χ4n) is 1.93. The highest BCUT2D eigenvalue weighted by molar-refractivity contribution is 7.99. The third-order valence-corrected chi connectivity index (χ3v) is 4.80. The largest absolute Gasteiger partial charge is 0.445 e. The smallest absolute Gasteiger partial charge is 0.356 e. The molecule has 3 nitrogen and oxygen atoms in total. The number of halogens is 3. The van der Waals surface area contributed by atoms with Gasteiger partial charge in [0.25, 0.3) is 0 Å². The van der Waals surface area contributed by atoms with Crippen molar-refractivity contribution in [2.24, 2.45) is 0 Å². The van der Waals surface area contributed by atoms with Gasteiger partial charge in [0.2, 0.25) is 10.1 Å². The number of rotatable bonds is 3. The van der Waals surface area contributed by atoms with Crippen LogP contribution < -0.4 is 5.32 Å². The lowest BCUT2D eigenvalue weighted by Gasteiger charge is -2.17. The number of nitrogens with one attached hydrogen (secondary N) is 1. The standard InChI is InChI=1S/C9H12F3N3S2/c1-16-6-4-2-3-5(6)13-8-15-14-7(17-8)9(10,11)12/h5-6H,2-4H2,1H3,(H,13,15). The van der Waals surface area contributed by atoms with Gasteiger partial charge in [0.1, 0.15) is 0 Å². The third-order valence-electron chi connectivity index (χ3n) is 2.73. The summed E-state index contributed by atoms with van der Waals surface area (Å²) in [6, 6.07) is 0.207. The Balaban J connectivity index is 2.02. The number of hydrogen-bond acceptors (Lipinski definition) is 5. The highest BCUT2D eigenvalue weighted by Crippen LogP contribution is 2.35. The summed E-state index contributed by atoms with van der Waals surface area (Å²) in [5.41, 5.74) is 0. The van der Waals surface area contributed by atoms with Crippen molar-refractivity contribution in [3.8, 4) is 0 Å². The molecule has 0 spiro atoms. The Bertz CT molecular complexity index is 380. The summed E-state index contributed by atoms with van der Waals surface area (Å²) in [5, 5.41) is 9.58. The second-order valence-electron chi connectivity index (χ2n) is 3.87. The highest BCUT2D eigenvalue weighted by atomic mass is 32.2. The van der Waals surface area contributed by atoms with Crippen LogP contribution in [0.3, 0.4) is 0 Å². The highest BCUT2D eigenvalue weighted by Gasteiger charge is 2.36. The molecule has 8 heteroatoms. The van der Waals surface area contributed by atoms with E-state index in [1.54, 1.807) is 11.8 Å². The van der Waals surface area contributed by atoms with Crippen molar-refractivity contribution >= 4 is 28.2 Å². The van der Waals surface area contributed by atoms with Gasteiger partial charge in [-0.1, -0.05) is 17.8 Å². The van der Waals surface area contributed by atoms with Gasteiger partial charge in [-0.3, -0.25) is 0 Å². The van der Waals surface area contributed by atoms with Crippen LogP contribution in [0, 0.1) is 0 Å². The molecule has 2 atom stereocenters. The first-order chi connectivity index (χ1) is 8.00. The summed E-state index contributed by atoms with van der Waals surface area (Å²) in [6.45, 7) is 0. The zero-order valence-corrected chi connectivity index (χ0v) is 10.8. The van der Waals surface area contributed by atoms with Crippen molar-refractivity contribution in [3.63, 3.8) is 0 Å². The summed E-state index contributed by atoms with van der Waals surface area (Å²) >= 11 is 2.32. The molecule has 1 heterocycles. The molecule has 0 aromatic carbocycles. The molecule has 0 radical (unpaired) electrons. The number of thioether (sulfide) groups is 1. The lowest BCUT2D eigenvalue weighted by atomic mass is 10.2. The Kier molecular flexibility index (Phi) is 3.82. The van der Waals surface area contributed by atoms with E-state index in [0.717, 1.165) is 19.3 Å². The maximum atomic E-state index is 12.3. The molecular formula is C9H12F3N3S2. The van der Waals surface area contributed by atoms with E-state index >= 15 is 0 Å². The SMILES string of the molecule is CSC1CCCC1Nc1nnc(C(F)(F)F)s1. The molecule has 2 rings (SSSR count). The minimum Gasteiger partial charge on any atom is -0.356 e. The fourth-order valence-corrected chi connectivity index (χ4v) is 3.54. The van der Waals surface area contributed by atoms with Gasteiger partial charge in [-0.05, 0) is 19.1 Å². The molecule has 0 bridgehead atoms. The van der Waals surface area contributed by atoms with Crippen LogP contribution in [0.25, 0.3) is 0 Å². The molecule has 1 saturated carbocycles. The predicted octanol–water partition coefficient (Wildman–Crippen LogP) is 3.25. The summed E-state index contributed by atoms with van der Waals surface area (Å²) in [6.07, 6.45) is 0.808. The van der Waals surface area contributed by atoms with Crippen LogP contribution in [-0.2, 0) is 6.18 Å². The Morgan fingerprint density at radius 1 is 1.35 bits per heavy atom. The van der Waals surface area contributed by atoms with Crippen molar-refractivity contribution in [1.29, 1.82) is 0 Å². The topological polar surface area (TPSA) is 37.8 Å². The van der Waals surface area contributed by atoms with Gasteiger partial charge in [-0.15, -0.1) is 10.2 Å². The predicted molar refractivity (Wildman–Crippen MR) is 63.5 cm³/mol. The third kappa shape index (κ3) is 3.04. The second-order valence-corrected chi connectivity index (χ2v) is 5.92. The van der Waals surface area contributed by atoms with Gasteiger partial charge in [0.15, 0.2) is 0 Å². The average molecular weight is 283 g/mol. The Hall–Kier alpha value is -0.500. The molecule has 1 N–H and O–H groups in total. The van der Waals surface area contributed by atoms with Crippen LogP contribution in [0.4, 0.5) is 18.3 Å². The first-order valence-corrected chi connectivity index (χ1v) is 7.31. The van der Waals surface area contributed by atoms with Crippen LogP contribution in [0.2, 0.25) is 0 Å². The maximum absolute atomic E-state index is 12.3. The first-order valence-electron chi connectivity index (χ1n) is 5.20. The van der Waals surface area contributed by atoms with E-state index in [4.69, 9.17) is 0 Å². The molecule has 0 aliphatic heterocycles. The lowest BCUT2D eigenvalue weighted by Crippen LogP contribution is -2.25. The summed E-state index contributed by atoms with van der Waals surface area (Å²) in [7, 11) is 0. The van der Waals surface area contributed by atoms with Crippen molar-refractivity contribution in [1.82, 2.24) is 10.2 Å². The van der Waals surface area contributed by atoms with Gasteiger partial charge in [0, 0.05) is 11.3 Å². The molecular weight excluding hydrogens is 271 g/mol. The van der Waals surface area contributed by atoms with Crippen molar-refractivity contribution in [2.45, 2.75) is 36.7 Å². The molecule has 2 unspecified atom stereocenters. The number of hydrogen-bond donors (Lipinski definition) is 1. The van der Waals surface area contributed by atoms with E-state index in [2.05, 4.69) is 15.5 Å². The quantitative estimate of drug-likeness (QED) is 0.924. The van der Waals surface area contributed by atoms with E-state index in [9.17, 15) is 13.2 Å². The molecule has 1 aliphatic carbocycles. The fraction of sp³-hybridized carbons (Fsp3) is 0.778. The zero-order valence-electron chi connectivity index (χ0n) is 9.12. The van der Waals surface area contributed by atoms with Crippen LogP contribution in [0.15, 0.2) is 0 Å². The summed E-state index contributed by atoms with van der Waals surface area (Å²) < 4.78 is 37.0. The van der Waals surface area contributed by atoms with Crippen LogP contribution in [0.1, 0.15) is 24.3 Å². The van der Waals surface area contributed by atoms with Gasteiger partial charge in [0.05, 0.1) is 0 Å². The zero-order chi connectivity index (χ0) is 12.5. The van der Waals surface area contributed by atoms with Crippen LogP contribution >= 0.6 is 23.1 Å². The van der Waals surface area contributed by atoms with E-state index in [1.807, 2.05) is 6.26 Å². The summed E-state index contributed by atoms with van der Waals surface area (Å²) in [5.74, 6) is 0. The molecule has 1 fully saturated rings. The van der Waals surface area contributed by atoms with Gasteiger partial charge in [-0.25, -0.2) is 0 Å². The van der Waals surface area contributed by atoms with E-state index in [-0.39, 0.29) is 11.2 Å². The molecule has 1 aromatic rings. The van der Waals surface area contributed by atoms with E-state index in [1.165, 1.54) is 0 Å². The Labute approximate surface area is 105 Å². The minimum atomic E-state index is -4.40. The van der Waals surface area contributed by atoms with Crippen molar-refractivity contribution < 1.29 is 13.2 Å². The number of nitrogens with zero attached hydrogens (tertiary/aromatic N) is 2. The van der Waals surface area contributed by atoms with E-state index in [0.29, 0.717) is 16.6 Å². The van der Waals surface area contributed by atoms with Crippen LogP contribution in [0.5, 0.6) is 0 Å². The molecule has 0 saturated heterocycles. The summed E-state index contributed by atoms with van der Waals surface area (Å²) in [4.78, 5) is 0. The average Bonchev–Trinajstić information content (AvgIpc) is 2.86. The Morgan fingerprint density at radius 2 is 2.12 bits per heavy atom. The number of anilines is 1. The molecule has 96 valence electrons. The maximum Gasteiger partial charge on any atom is 0.445 e. The molecule has 1 aromatic heterocycles. The van der Waals surface area contributed by atoms with Crippen LogP contribution in [-0.4, -0.2) is 27.7 Å². The minimum absolute atomic E-state index is 0.207. The Morgan fingerprint density at radius 3 is 2.71 bits per heavy atom. The van der Waals surface area contributed by atoms with Gasteiger partial charge >= 0.3 is 6.18 Å². The van der Waals surface area contributed by atoms with Crippen molar-refractivity contribution in [2.75, 3.05) is 11.6 Å².